The molecule has 0 fully saturated rings. The molecule has 2 aromatic carbocycles. The van der Waals surface area contributed by atoms with Crippen LogP contribution in [0.2, 0.25) is 0 Å². The first-order valence-corrected chi connectivity index (χ1v) is 5.93. The number of hydrogen-bond donors (Lipinski definition) is 1. The van der Waals surface area contributed by atoms with E-state index in [-0.39, 0.29) is 5.56 Å². The minimum atomic E-state index is -0.795. The SMILES string of the molecule is C/C(=N\NC(=O)c1cc(F)ccc1F)c1ccccc1. The van der Waals surface area contributed by atoms with Crippen molar-refractivity contribution in [2.75, 3.05) is 0 Å². The fourth-order valence-electron chi connectivity index (χ4n) is 1.61. The van der Waals surface area contributed by atoms with Gasteiger partial charge in [-0.2, -0.15) is 5.10 Å². The smallest absolute Gasteiger partial charge is 0.267 e. The Morgan fingerprint density at radius 3 is 2.50 bits per heavy atom. The number of halogens is 2. The summed E-state index contributed by atoms with van der Waals surface area (Å²) >= 11 is 0. The number of nitrogens with zero attached hydrogens (tertiary/aromatic N) is 1. The molecule has 0 heterocycles. The lowest BCUT2D eigenvalue weighted by atomic mass is 10.1. The van der Waals surface area contributed by atoms with E-state index in [2.05, 4.69) is 10.5 Å². The fourth-order valence-corrected chi connectivity index (χ4v) is 1.61. The molecule has 0 saturated heterocycles. The van der Waals surface area contributed by atoms with Gasteiger partial charge in [0.25, 0.3) is 5.91 Å². The maximum atomic E-state index is 13.4. The van der Waals surface area contributed by atoms with Gasteiger partial charge in [-0.25, -0.2) is 14.2 Å². The van der Waals surface area contributed by atoms with Crippen LogP contribution in [0.1, 0.15) is 22.8 Å². The van der Waals surface area contributed by atoms with Crippen LogP contribution >= 0.6 is 0 Å². The first-order valence-electron chi connectivity index (χ1n) is 5.93. The van der Waals surface area contributed by atoms with E-state index in [4.69, 9.17) is 0 Å². The zero-order chi connectivity index (χ0) is 14.5. The second-order valence-electron chi connectivity index (χ2n) is 4.13. The molecule has 102 valence electrons. The first kappa shape index (κ1) is 13.9. The van der Waals surface area contributed by atoms with Gasteiger partial charge in [0, 0.05) is 0 Å². The number of carbonyl (C=O) groups excluding carboxylic acids is 1. The van der Waals surface area contributed by atoms with Crippen LogP contribution in [0.4, 0.5) is 8.78 Å². The van der Waals surface area contributed by atoms with E-state index < -0.39 is 17.5 Å². The third kappa shape index (κ3) is 3.26. The Bertz CT molecular complexity index is 654. The van der Waals surface area contributed by atoms with Gasteiger partial charge in [-0.05, 0) is 30.7 Å². The van der Waals surface area contributed by atoms with Crippen molar-refractivity contribution in [2.45, 2.75) is 6.92 Å². The highest BCUT2D eigenvalue weighted by molar-refractivity contribution is 6.00. The van der Waals surface area contributed by atoms with Gasteiger partial charge in [-0.1, -0.05) is 30.3 Å². The highest BCUT2D eigenvalue weighted by Crippen LogP contribution is 2.09. The third-order valence-electron chi connectivity index (χ3n) is 2.69. The van der Waals surface area contributed by atoms with Crippen LogP contribution in [0.25, 0.3) is 0 Å². The molecule has 1 N–H and O–H groups in total. The summed E-state index contributed by atoms with van der Waals surface area (Å²) in [6.45, 7) is 1.71. The van der Waals surface area contributed by atoms with Crippen molar-refractivity contribution in [3.63, 3.8) is 0 Å². The summed E-state index contributed by atoms with van der Waals surface area (Å²) in [4.78, 5) is 11.7. The number of hydrogen-bond acceptors (Lipinski definition) is 2. The molecule has 0 aliphatic rings. The van der Waals surface area contributed by atoms with Crippen LogP contribution in [-0.2, 0) is 0 Å². The Morgan fingerprint density at radius 2 is 1.80 bits per heavy atom. The molecule has 2 rings (SSSR count). The molecule has 1 amide bonds. The highest BCUT2D eigenvalue weighted by atomic mass is 19.1. The first-order chi connectivity index (χ1) is 9.58. The maximum Gasteiger partial charge on any atom is 0.274 e. The molecule has 5 heteroatoms. The zero-order valence-electron chi connectivity index (χ0n) is 10.7. The Hall–Kier alpha value is -2.56. The zero-order valence-corrected chi connectivity index (χ0v) is 10.7. The van der Waals surface area contributed by atoms with Crippen LogP contribution < -0.4 is 5.43 Å². The van der Waals surface area contributed by atoms with Crippen LogP contribution in [0.15, 0.2) is 53.6 Å². The molecule has 0 spiro atoms. The van der Waals surface area contributed by atoms with E-state index in [1.54, 1.807) is 6.92 Å². The van der Waals surface area contributed by atoms with E-state index in [1.165, 1.54) is 0 Å². The molecule has 0 aromatic heterocycles. The number of hydrazone groups is 1. The van der Waals surface area contributed by atoms with Gasteiger partial charge in [0.1, 0.15) is 11.6 Å². The average molecular weight is 274 g/mol. The van der Waals surface area contributed by atoms with E-state index in [1.807, 2.05) is 30.3 Å². The van der Waals surface area contributed by atoms with Crippen molar-refractivity contribution in [3.05, 3.63) is 71.3 Å². The third-order valence-corrected chi connectivity index (χ3v) is 2.69. The molecule has 0 unspecified atom stereocenters. The normalized spacial score (nSPS) is 11.2. The Morgan fingerprint density at radius 1 is 1.10 bits per heavy atom. The van der Waals surface area contributed by atoms with Gasteiger partial charge >= 0.3 is 0 Å². The molecule has 0 aliphatic carbocycles. The van der Waals surface area contributed by atoms with Gasteiger partial charge in [0.2, 0.25) is 0 Å². The van der Waals surface area contributed by atoms with Crippen molar-refractivity contribution < 1.29 is 13.6 Å². The summed E-state index contributed by atoms with van der Waals surface area (Å²) in [7, 11) is 0. The molecule has 20 heavy (non-hydrogen) atoms. The van der Waals surface area contributed by atoms with E-state index in [0.717, 1.165) is 23.8 Å². The molecular weight excluding hydrogens is 262 g/mol. The summed E-state index contributed by atoms with van der Waals surface area (Å²) in [5.74, 6) is -2.27. The Labute approximate surface area is 114 Å². The molecule has 0 aliphatic heterocycles. The number of rotatable bonds is 3. The predicted octanol–water partition coefficient (Wildman–Crippen LogP) is 3.12. The topological polar surface area (TPSA) is 41.5 Å². The van der Waals surface area contributed by atoms with Crippen molar-refractivity contribution in [2.24, 2.45) is 5.10 Å². The van der Waals surface area contributed by atoms with Gasteiger partial charge in [-0.3, -0.25) is 4.79 Å². The molecule has 0 bridgehead atoms. The van der Waals surface area contributed by atoms with Crippen molar-refractivity contribution >= 4 is 11.6 Å². The van der Waals surface area contributed by atoms with E-state index in [9.17, 15) is 13.6 Å². The summed E-state index contributed by atoms with van der Waals surface area (Å²) < 4.78 is 26.4. The number of nitrogens with one attached hydrogen (secondary N) is 1. The quantitative estimate of drug-likeness (QED) is 0.678. The lowest BCUT2D eigenvalue weighted by Gasteiger charge is -2.04. The number of benzene rings is 2. The average Bonchev–Trinajstić information content (AvgIpc) is 2.47. The van der Waals surface area contributed by atoms with Crippen LogP contribution in [-0.4, -0.2) is 11.6 Å². The number of carbonyl (C=O) groups is 1. The summed E-state index contributed by atoms with van der Waals surface area (Å²) in [5, 5.41) is 3.87. The summed E-state index contributed by atoms with van der Waals surface area (Å²) in [6, 6.07) is 11.9. The Balaban J connectivity index is 2.14. The van der Waals surface area contributed by atoms with Gasteiger partial charge in [-0.15, -0.1) is 0 Å². The van der Waals surface area contributed by atoms with E-state index >= 15 is 0 Å². The monoisotopic (exact) mass is 274 g/mol. The van der Waals surface area contributed by atoms with E-state index in [0.29, 0.717) is 5.71 Å². The molecule has 0 saturated carbocycles. The lowest BCUT2D eigenvalue weighted by Crippen LogP contribution is -2.20. The largest absolute Gasteiger partial charge is 0.274 e. The predicted molar refractivity (Wildman–Crippen MR) is 72.5 cm³/mol. The van der Waals surface area contributed by atoms with Gasteiger partial charge in [0.15, 0.2) is 0 Å². The van der Waals surface area contributed by atoms with Gasteiger partial charge < -0.3 is 0 Å². The molecule has 3 nitrogen and oxygen atoms in total. The minimum Gasteiger partial charge on any atom is -0.267 e. The fraction of sp³-hybridized carbons (Fsp3) is 0.0667. The van der Waals surface area contributed by atoms with Gasteiger partial charge in [0.05, 0.1) is 11.3 Å². The summed E-state index contributed by atoms with van der Waals surface area (Å²) in [5.41, 5.74) is 3.22. The second-order valence-corrected chi connectivity index (χ2v) is 4.13. The molecule has 0 atom stereocenters. The minimum absolute atomic E-state index is 0.380. The van der Waals surface area contributed by atoms with Crippen molar-refractivity contribution in [1.82, 2.24) is 5.43 Å². The van der Waals surface area contributed by atoms with Crippen LogP contribution in [0.3, 0.4) is 0 Å². The summed E-state index contributed by atoms with van der Waals surface area (Å²) in [6.07, 6.45) is 0. The van der Waals surface area contributed by atoms with Crippen molar-refractivity contribution in [1.29, 1.82) is 0 Å². The van der Waals surface area contributed by atoms with Crippen LogP contribution in [0, 0.1) is 11.6 Å². The number of amides is 1. The maximum absolute atomic E-state index is 13.4. The molecular formula is C15H12F2N2O. The van der Waals surface area contributed by atoms with Crippen molar-refractivity contribution in [3.8, 4) is 0 Å². The lowest BCUT2D eigenvalue weighted by molar-refractivity contribution is 0.0950. The molecule has 2 aromatic rings. The highest BCUT2D eigenvalue weighted by Gasteiger charge is 2.12. The van der Waals surface area contributed by atoms with Crippen LogP contribution in [0.5, 0.6) is 0 Å². The standard InChI is InChI=1S/C15H12F2N2O/c1-10(11-5-3-2-4-6-11)18-19-15(20)13-9-12(16)7-8-14(13)17/h2-9H,1H3,(H,19,20)/b18-10+. The molecule has 0 radical (unpaired) electrons. The Kier molecular flexibility index (Phi) is 4.20. The second kappa shape index (κ2) is 6.06.